The number of methoxy groups -OCH3 is 1. The van der Waals surface area contributed by atoms with Crippen molar-refractivity contribution in [2.45, 2.75) is 32.9 Å². The van der Waals surface area contributed by atoms with Crippen LogP contribution in [0.1, 0.15) is 38.1 Å². The number of furan rings is 1. The number of hydrogen-bond acceptors (Lipinski definition) is 8. The van der Waals surface area contributed by atoms with E-state index in [0.29, 0.717) is 53.5 Å². The van der Waals surface area contributed by atoms with Crippen LogP contribution in [0.2, 0.25) is 10.0 Å². The molecule has 1 atom stereocenters. The predicted octanol–water partition coefficient (Wildman–Crippen LogP) is 5.78. The maximum absolute atomic E-state index is 14.0. The molecule has 5 rings (SSSR count). The smallest absolute Gasteiger partial charge is 0.338 e. The minimum Gasteiger partial charge on any atom is -0.491 e. The molecular weight excluding hydrogens is 599 g/mol. The zero-order valence-electron chi connectivity index (χ0n) is 23.4. The number of thiazole rings is 1. The van der Waals surface area contributed by atoms with Crippen molar-refractivity contribution in [2.24, 2.45) is 4.99 Å². The SMILES string of the molecule is COCCOC(=O)C1=C(C)N=c2s/c(=C/c3ccc(-c4ccc(Cl)cc4Cl)o3)c(=O)n2[C@@H]1c1ccccc1OC(C)C. The normalized spacial score (nSPS) is 15.1. The van der Waals surface area contributed by atoms with Gasteiger partial charge in [-0.25, -0.2) is 9.79 Å². The van der Waals surface area contributed by atoms with Crippen LogP contribution in [0.4, 0.5) is 0 Å². The summed E-state index contributed by atoms with van der Waals surface area (Å²) in [7, 11) is 1.53. The molecule has 0 amide bonds. The highest BCUT2D eigenvalue weighted by Crippen LogP contribution is 2.36. The molecule has 8 nitrogen and oxygen atoms in total. The predicted molar refractivity (Wildman–Crippen MR) is 163 cm³/mol. The molecule has 0 saturated carbocycles. The summed E-state index contributed by atoms with van der Waals surface area (Å²) in [6.07, 6.45) is 1.52. The number of nitrogens with zero attached hydrogens (tertiary/aromatic N) is 2. The van der Waals surface area contributed by atoms with E-state index in [0.717, 1.165) is 0 Å². The van der Waals surface area contributed by atoms with E-state index in [1.807, 2.05) is 38.1 Å². The molecule has 0 bridgehead atoms. The van der Waals surface area contributed by atoms with Crippen molar-refractivity contribution in [3.8, 4) is 17.1 Å². The molecule has 218 valence electrons. The average Bonchev–Trinajstić information content (AvgIpc) is 3.52. The first-order valence-electron chi connectivity index (χ1n) is 13.2. The minimum atomic E-state index is -0.826. The summed E-state index contributed by atoms with van der Waals surface area (Å²) in [6, 6.07) is 15.2. The molecule has 4 aromatic rings. The number of esters is 1. The van der Waals surface area contributed by atoms with Gasteiger partial charge in [0.15, 0.2) is 4.80 Å². The van der Waals surface area contributed by atoms with Crippen LogP contribution in [0.3, 0.4) is 0 Å². The molecule has 0 aliphatic carbocycles. The molecular formula is C31H28Cl2N2O6S. The maximum Gasteiger partial charge on any atom is 0.338 e. The van der Waals surface area contributed by atoms with Crippen molar-refractivity contribution in [1.29, 1.82) is 0 Å². The minimum absolute atomic E-state index is 0.0614. The number of rotatable bonds is 9. The Bertz CT molecular complexity index is 1850. The number of halogens is 2. The largest absolute Gasteiger partial charge is 0.491 e. The van der Waals surface area contributed by atoms with Gasteiger partial charge in [0.2, 0.25) is 0 Å². The van der Waals surface area contributed by atoms with Gasteiger partial charge in [-0.3, -0.25) is 9.36 Å². The van der Waals surface area contributed by atoms with Crippen molar-refractivity contribution in [3.05, 3.63) is 107 Å². The Balaban J connectivity index is 1.64. The molecule has 3 heterocycles. The highest BCUT2D eigenvalue weighted by atomic mass is 35.5. The first kappa shape index (κ1) is 29.8. The summed E-state index contributed by atoms with van der Waals surface area (Å²) in [4.78, 5) is 32.5. The van der Waals surface area contributed by atoms with Crippen LogP contribution in [-0.4, -0.2) is 37.0 Å². The fourth-order valence-electron chi connectivity index (χ4n) is 4.63. The van der Waals surface area contributed by atoms with Crippen molar-refractivity contribution < 1.29 is 23.4 Å². The van der Waals surface area contributed by atoms with E-state index < -0.39 is 12.0 Å². The van der Waals surface area contributed by atoms with Crippen LogP contribution in [0.15, 0.2) is 80.1 Å². The van der Waals surface area contributed by atoms with Gasteiger partial charge >= 0.3 is 5.97 Å². The number of hydrogen-bond donors (Lipinski definition) is 0. The first-order valence-corrected chi connectivity index (χ1v) is 14.7. The second-order valence-corrected chi connectivity index (χ2v) is 11.6. The van der Waals surface area contributed by atoms with Crippen molar-refractivity contribution >= 4 is 46.6 Å². The highest BCUT2D eigenvalue weighted by molar-refractivity contribution is 7.07. The van der Waals surface area contributed by atoms with E-state index >= 15 is 0 Å². The van der Waals surface area contributed by atoms with Gasteiger partial charge in [0.05, 0.1) is 33.5 Å². The van der Waals surface area contributed by atoms with E-state index in [-0.39, 0.29) is 30.5 Å². The summed E-state index contributed by atoms with van der Waals surface area (Å²) < 4.78 is 24.6. The zero-order valence-corrected chi connectivity index (χ0v) is 25.7. The molecule has 0 radical (unpaired) electrons. The van der Waals surface area contributed by atoms with Crippen LogP contribution in [-0.2, 0) is 14.3 Å². The second kappa shape index (κ2) is 12.7. The summed E-state index contributed by atoms with van der Waals surface area (Å²) in [5.74, 6) is 0.962. The fourth-order valence-corrected chi connectivity index (χ4v) is 6.16. The summed E-state index contributed by atoms with van der Waals surface area (Å²) >= 11 is 13.6. The number of carbonyl (C=O) groups excluding carboxylic acids is 1. The third-order valence-electron chi connectivity index (χ3n) is 6.44. The fraction of sp³-hybridized carbons (Fsp3) is 0.258. The van der Waals surface area contributed by atoms with Gasteiger partial charge in [-0.05, 0) is 57.2 Å². The quantitative estimate of drug-likeness (QED) is 0.173. The molecule has 2 aromatic heterocycles. The van der Waals surface area contributed by atoms with Crippen LogP contribution < -0.4 is 19.6 Å². The molecule has 0 spiro atoms. The molecule has 42 heavy (non-hydrogen) atoms. The van der Waals surface area contributed by atoms with Crippen LogP contribution >= 0.6 is 34.5 Å². The molecule has 0 saturated heterocycles. The van der Waals surface area contributed by atoms with Crippen LogP contribution in [0, 0.1) is 0 Å². The monoisotopic (exact) mass is 626 g/mol. The summed E-state index contributed by atoms with van der Waals surface area (Å²) in [5.41, 5.74) is 1.69. The van der Waals surface area contributed by atoms with E-state index in [2.05, 4.69) is 4.99 Å². The van der Waals surface area contributed by atoms with E-state index in [1.165, 1.54) is 23.0 Å². The van der Waals surface area contributed by atoms with Gasteiger partial charge in [0.1, 0.15) is 29.9 Å². The topological polar surface area (TPSA) is 92.3 Å². The number of para-hydroxylation sites is 1. The number of benzene rings is 2. The Kier molecular flexibility index (Phi) is 9.03. The zero-order chi connectivity index (χ0) is 30.0. The van der Waals surface area contributed by atoms with Crippen molar-refractivity contribution in [2.75, 3.05) is 20.3 Å². The highest BCUT2D eigenvalue weighted by Gasteiger charge is 2.35. The van der Waals surface area contributed by atoms with Crippen molar-refractivity contribution in [3.63, 3.8) is 0 Å². The summed E-state index contributed by atoms with van der Waals surface area (Å²) in [5, 5.41) is 0.967. The van der Waals surface area contributed by atoms with Gasteiger partial charge in [0.25, 0.3) is 5.56 Å². The van der Waals surface area contributed by atoms with Crippen LogP contribution in [0.5, 0.6) is 5.75 Å². The molecule has 1 aliphatic rings. The van der Waals surface area contributed by atoms with E-state index in [9.17, 15) is 9.59 Å². The van der Waals surface area contributed by atoms with Gasteiger partial charge in [0, 0.05) is 29.3 Å². The number of ether oxygens (including phenoxy) is 3. The Hall–Kier alpha value is -3.63. The lowest BCUT2D eigenvalue weighted by Crippen LogP contribution is -2.40. The Labute approximate surface area is 256 Å². The summed E-state index contributed by atoms with van der Waals surface area (Å²) in [6.45, 7) is 5.86. The lowest BCUT2D eigenvalue weighted by atomic mass is 9.95. The van der Waals surface area contributed by atoms with E-state index in [4.69, 9.17) is 41.8 Å². The lowest BCUT2D eigenvalue weighted by Gasteiger charge is -2.27. The van der Waals surface area contributed by atoms with Crippen LogP contribution in [0.25, 0.3) is 17.4 Å². The average molecular weight is 628 g/mol. The van der Waals surface area contributed by atoms with Gasteiger partial charge in [-0.15, -0.1) is 0 Å². The molecule has 0 N–H and O–H groups in total. The van der Waals surface area contributed by atoms with Crippen molar-refractivity contribution in [1.82, 2.24) is 4.57 Å². The lowest BCUT2D eigenvalue weighted by molar-refractivity contribution is -0.140. The molecule has 0 fully saturated rings. The molecule has 1 aliphatic heterocycles. The van der Waals surface area contributed by atoms with Gasteiger partial charge in [-0.1, -0.05) is 52.7 Å². The Morgan fingerprint density at radius 2 is 1.93 bits per heavy atom. The third-order valence-corrected chi connectivity index (χ3v) is 7.97. The Morgan fingerprint density at radius 3 is 2.67 bits per heavy atom. The molecule has 2 aromatic carbocycles. The molecule has 11 heteroatoms. The van der Waals surface area contributed by atoms with E-state index in [1.54, 1.807) is 43.3 Å². The maximum atomic E-state index is 14.0. The van der Waals surface area contributed by atoms with Gasteiger partial charge in [-0.2, -0.15) is 0 Å². The third kappa shape index (κ3) is 6.10. The standard InChI is InChI=1S/C31H28Cl2N2O6S/c1-17(2)40-24-8-6-5-7-22(24)28-27(30(37)39-14-13-38-4)18(3)34-31-35(28)29(36)26(42-31)16-20-10-12-25(41-20)21-11-9-19(32)15-23(21)33/h5-12,15-17,28H,13-14H2,1-4H3/b26-16+/t28-/m1/s1. The second-order valence-electron chi connectivity index (χ2n) is 9.74. The number of fused-ring (bicyclic) bond motifs is 1. The number of carbonyl (C=O) groups is 1. The van der Waals surface area contributed by atoms with Gasteiger partial charge < -0.3 is 18.6 Å². The molecule has 0 unspecified atom stereocenters. The first-order chi connectivity index (χ1) is 20.2. The Morgan fingerprint density at radius 1 is 1.14 bits per heavy atom. The number of allylic oxidation sites excluding steroid dienone is 1. The number of aromatic nitrogens is 1.